The van der Waals surface area contributed by atoms with Gasteiger partial charge < -0.3 is 9.88 Å². The second-order valence-electron chi connectivity index (χ2n) is 5.35. The normalized spacial score (nSPS) is 15.9. The zero-order valence-electron chi connectivity index (χ0n) is 11.7. The third kappa shape index (κ3) is 2.57. The molecule has 2 heterocycles. The van der Waals surface area contributed by atoms with Crippen LogP contribution in [-0.2, 0) is 7.05 Å². The predicted molar refractivity (Wildman–Crippen MR) is 75.1 cm³/mol. The summed E-state index contributed by atoms with van der Waals surface area (Å²) in [6, 6.07) is 5.92. The number of nitrogens with zero attached hydrogens (tertiary/aromatic N) is 3. The van der Waals surface area contributed by atoms with Crippen molar-refractivity contribution in [1.29, 1.82) is 0 Å². The van der Waals surface area contributed by atoms with Crippen molar-refractivity contribution in [2.75, 3.05) is 0 Å². The minimum Gasteiger partial charge on any atom is -0.341 e. The summed E-state index contributed by atoms with van der Waals surface area (Å²) in [6.45, 7) is 1.97. The van der Waals surface area contributed by atoms with Crippen LogP contribution in [0.15, 0.2) is 30.6 Å². The quantitative estimate of drug-likeness (QED) is 0.924. The molecule has 0 spiro atoms. The molecule has 0 unspecified atom stereocenters. The number of rotatable bonds is 4. The van der Waals surface area contributed by atoms with Gasteiger partial charge in [0.05, 0.1) is 11.7 Å². The Bertz CT molecular complexity index is 630. The van der Waals surface area contributed by atoms with Crippen LogP contribution in [0.25, 0.3) is 0 Å². The topological polar surface area (TPSA) is 59.8 Å². The predicted octanol–water partition coefficient (Wildman–Crippen LogP) is 2.00. The Balaban J connectivity index is 1.82. The highest BCUT2D eigenvalue weighted by molar-refractivity contribution is 5.91. The van der Waals surface area contributed by atoms with E-state index in [1.807, 2.05) is 32.2 Å². The Morgan fingerprint density at radius 1 is 1.45 bits per heavy atom. The summed E-state index contributed by atoms with van der Waals surface area (Å²) in [6.07, 6.45) is 5.68. The van der Waals surface area contributed by atoms with Crippen molar-refractivity contribution in [3.05, 3.63) is 47.8 Å². The molecule has 0 aliphatic heterocycles. The van der Waals surface area contributed by atoms with Crippen molar-refractivity contribution < 1.29 is 4.79 Å². The van der Waals surface area contributed by atoms with Crippen molar-refractivity contribution >= 4 is 5.91 Å². The van der Waals surface area contributed by atoms with Gasteiger partial charge in [0.2, 0.25) is 0 Å². The molecule has 1 fully saturated rings. The number of carbonyl (C=O) groups is 1. The van der Waals surface area contributed by atoms with Crippen molar-refractivity contribution in [3.63, 3.8) is 0 Å². The molecule has 1 atom stereocenters. The Morgan fingerprint density at radius 3 is 2.85 bits per heavy atom. The minimum absolute atomic E-state index is 0.0147. The largest absolute Gasteiger partial charge is 0.341 e. The number of hydrogen-bond donors (Lipinski definition) is 1. The van der Waals surface area contributed by atoms with Crippen LogP contribution in [0.3, 0.4) is 0 Å². The molecule has 1 saturated carbocycles. The van der Waals surface area contributed by atoms with Crippen LogP contribution in [0.1, 0.15) is 40.9 Å². The van der Waals surface area contributed by atoms with Gasteiger partial charge in [-0.1, -0.05) is 6.07 Å². The number of carbonyl (C=O) groups excluding carboxylic acids is 1. The molecule has 1 amide bonds. The third-order valence-corrected chi connectivity index (χ3v) is 3.63. The molecule has 0 radical (unpaired) electrons. The fourth-order valence-corrected chi connectivity index (χ4v) is 2.39. The third-order valence-electron chi connectivity index (χ3n) is 3.63. The van der Waals surface area contributed by atoms with E-state index in [1.165, 1.54) is 0 Å². The molecular formula is C15H18N4O. The van der Waals surface area contributed by atoms with Gasteiger partial charge in [-0.2, -0.15) is 0 Å². The first-order chi connectivity index (χ1) is 9.65. The average molecular weight is 270 g/mol. The van der Waals surface area contributed by atoms with Gasteiger partial charge in [-0.3, -0.25) is 9.78 Å². The zero-order valence-corrected chi connectivity index (χ0v) is 11.7. The smallest absolute Gasteiger partial charge is 0.287 e. The van der Waals surface area contributed by atoms with E-state index in [0.717, 1.165) is 24.2 Å². The molecule has 0 saturated heterocycles. The first kappa shape index (κ1) is 12.8. The van der Waals surface area contributed by atoms with Crippen LogP contribution in [0.5, 0.6) is 0 Å². The average Bonchev–Trinajstić information content (AvgIpc) is 3.17. The molecule has 5 heteroatoms. The maximum absolute atomic E-state index is 12.3. The number of pyridine rings is 1. The summed E-state index contributed by atoms with van der Waals surface area (Å²) in [4.78, 5) is 20.9. The highest BCUT2D eigenvalue weighted by Gasteiger charge is 2.35. The molecule has 2 aromatic rings. The lowest BCUT2D eigenvalue weighted by Gasteiger charge is -2.18. The van der Waals surface area contributed by atoms with Crippen LogP contribution < -0.4 is 5.32 Å². The monoisotopic (exact) mass is 270 g/mol. The molecule has 104 valence electrons. The molecule has 1 aliphatic carbocycles. The molecule has 0 aromatic carbocycles. The van der Waals surface area contributed by atoms with Gasteiger partial charge in [0.25, 0.3) is 5.91 Å². The summed E-state index contributed by atoms with van der Waals surface area (Å²) >= 11 is 0. The molecule has 5 nitrogen and oxygen atoms in total. The van der Waals surface area contributed by atoms with Gasteiger partial charge in [0, 0.05) is 25.1 Å². The molecule has 3 rings (SSSR count). The van der Waals surface area contributed by atoms with Gasteiger partial charge in [0.15, 0.2) is 5.82 Å². The van der Waals surface area contributed by atoms with Crippen LogP contribution in [-0.4, -0.2) is 20.4 Å². The van der Waals surface area contributed by atoms with Gasteiger partial charge >= 0.3 is 0 Å². The fraction of sp³-hybridized carbons (Fsp3) is 0.400. The summed E-state index contributed by atoms with van der Waals surface area (Å²) in [5.74, 6) is 0.787. The second-order valence-corrected chi connectivity index (χ2v) is 5.35. The van der Waals surface area contributed by atoms with Crippen molar-refractivity contribution in [2.24, 2.45) is 13.0 Å². The molecular weight excluding hydrogens is 252 g/mol. The number of hydrogen-bond acceptors (Lipinski definition) is 3. The lowest BCUT2D eigenvalue weighted by Crippen LogP contribution is -2.32. The second kappa shape index (κ2) is 5.07. The summed E-state index contributed by atoms with van der Waals surface area (Å²) in [5, 5.41) is 3.08. The number of aromatic nitrogens is 3. The Morgan fingerprint density at radius 2 is 2.25 bits per heavy atom. The number of imidazole rings is 1. The van der Waals surface area contributed by atoms with E-state index in [1.54, 1.807) is 17.0 Å². The maximum Gasteiger partial charge on any atom is 0.287 e. The first-order valence-electron chi connectivity index (χ1n) is 6.87. The molecule has 2 aromatic heterocycles. The van der Waals surface area contributed by atoms with E-state index in [-0.39, 0.29) is 11.9 Å². The number of amides is 1. The molecule has 20 heavy (non-hydrogen) atoms. The Kier molecular flexibility index (Phi) is 3.26. The van der Waals surface area contributed by atoms with Crippen LogP contribution in [0.2, 0.25) is 0 Å². The fourth-order valence-electron chi connectivity index (χ4n) is 2.39. The number of nitrogens with one attached hydrogen (secondary N) is 1. The SMILES string of the molecule is Cc1cccc([C@@H](NC(=O)c2nccn2C)C2CC2)n1. The van der Waals surface area contributed by atoms with Crippen molar-refractivity contribution in [2.45, 2.75) is 25.8 Å². The Labute approximate surface area is 118 Å². The van der Waals surface area contributed by atoms with Crippen LogP contribution in [0, 0.1) is 12.8 Å². The molecule has 1 N–H and O–H groups in total. The maximum atomic E-state index is 12.3. The molecule has 1 aliphatic rings. The lowest BCUT2D eigenvalue weighted by atomic mass is 10.1. The van der Waals surface area contributed by atoms with Gasteiger partial charge in [-0.15, -0.1) is 0 Å². The summed E-state index contributed by atoms with van der Waals surface area (Å²) < 4.78 is 1.73. The highest BCUT2D eigenvalue weighted by atomic mass is 16.2. The van der Waals surface area contributed by atoms with Gasteiger partial charge in [-0.05, 0) is 37.8 Å². The summed E-state index contributed by atoms with van der Waals surface area (Å²) in [5.41, 5.74) is 1.91. The lowest BCUT2D eigenvalue weighted by molar-refractivity contribution is 0.0917. The van der Waals surface area contributed by atoms with E-state index in [0.29, 0.717) is 11.7 Å². The van der Waals surface area contributed by atoms with E-state index in [9.17, 15) is 4.79 Å². The standard InChI is InChI=1S/C15H18N4O/c1-10-4-3-5-12(17-10)13(11-6-7-11)18-15(20)14-16-8-9-19(14)2/h3-5,8-9,11,13H,6-7H2,1-2H3,(H,18,20)/t13-/m0/s1. The minimum atomic E-state index is -0.141. The molecule has 0 bridgehead atoms. The first-order valence-corrected chi connectivity index (χ1v) is 6.87. The van der Waals surface area contributed by atoms with Crippen LogP contribution >= 0.6 is 0 Å². The number of aryl methyl sites for hydroxylation is 2. The van der Waals surface area contributed by atoms with E-state index >= 15 is 0 Å². The van der Waals surface area contributed by atoms with E-state index in [2.05, 4.69) is 15.3 Å². The van der Waals surface area contributed by atoms with E-state index in [4.69, 9.17) is 0 Å². The van der Waals surface area contributed by atoms with Crippen molar-refractivity contribution in [3.8, 4) is 0 Å². The van der Waals surface area contributed by atoms with Crippen LogP contribution in [0.4, 0.5) is 0 Å². The van der Waals surface area contributed by atoms with E-state index < -0.39 is 0 Å². The Hall–Kier alpha value is -2.17. The van der Waals surface area contributed by atoms with Gasteiger partial charge in [-0.25, -0.2) is 4.98 Å². The highest BCUT2D eigenvalue weighted by Crippen LogP contribution is 2.40. The summed E-state index contributed by atoms with van der Waals surface area (Å²) in [7, 11) is 1.82. The zero-order chi connectivity index (χ0) is 14.1. The van der Waals surface area contributed by atoms with Crippen molar-refractivity contribution in [1.82, 2.24) is 19.9 Å². The van der Waals surface area contributed by atoms with Gasteiger partial charge in [0.1, 0.15) is 0 Å².